The molecule has 1 saturated carbocycles. The number of ether oxygens (including phenoxy) is 1. The molecule has 3 aromatic rings. The fourth-order valence-corrected chi connectivity index (χ4v) is 3.35. The minimum atomic E-state index is -0.187. The number of rotatable bonds is 6. The molecule has 4 rings (SSSR count). The molecule has 2 unspecified atom stereocenters. The van der Waals surface area contributed by atoms with E-state index in [9.17, 15) is 9.59 Å². The molecule has 0 aliphatic heterocycles. The molecule has 2 amide bonds. The van der Waals surface area contributed by atoms with E-state index in [0.717, 1.165) is 22.8 Å². The smallest absolute Gasteiger partial charge is 0.226 e. The molecule has 0 radical (unpaired) electrons. The van der Waals surface area contributed by atoms with Crippen molar-refractivity contribution in [1.82, 2.24) is 5.32 Å². The van der Waals surface area contributed by atoms with Crippen LogP contribution in [0.25, 0.3) is 21.9 Å². The van der Waals surface area contributed by atoms with Gasteiger partial charge in [-0.1, -0.05) is 25.1 Å². The van der Waals surface area contributed by atoms with Gasteiger partial charge in [0.25, 0.3) is 0 Å². The lowest BCUT2D eigenvalue weighted by Crippen LogP contribution is -2.29. The zero-order valence-corrected chi connectivity index (χ0v) is 15.4. The first-order valence-corrected chi connectivity index (χ1v) is 9.13. The van der Waals surface area contributed by atoms with Crippen LogP contribution in [0.4, 0.5) is 5.69 Å². The van der Waals surface area contributed by atoms with Crippen LogP contribution in [-0.4, -0.2) is 25.5 Å². The second-order valence-electron chi connectivity index (χ2n) is 7.06. The highest BCUT2D eigenvalue weighted by molar-refractivity contribution is 6.07. The van der Waals surface area contributed by atoms with E-state index in [4.69, 9.17) is 9.15 Å². The number of methoxy groups -OCH3 is 1. The zero-order valence-electron chi connectivity index (χ0n) is 15.4. The van der Waals surface area contributed by atoms with E-state index < -0.39 is 0 Å². The van der Waals surface area contributed by atoms with E-state index in [2.05, 4.69) is 17.6 Å². The van der Waals surface area contributed by atoms with Gasteiger partial charge in [-0.25, -0.2) is 0 Å². The van der Waals surface area contributed by atoms with Crippen molar-refractivity contribution in [3.05, 3.63) is 36.4 Å². The summed E-state index contributed by atoms with van der Waals surface area (Å²) in [6, 6.07) is 11.4. The monoisotopic (exact) mass is 366 g/mol. The molecule has 6 nitrogen and oxygen atoms in total. The van der Waals surface area contributed by atoms with Gasteiger partial charge in [-0.3, -0.25) is 9.59 Å². The summed E-state index contributed by atoms with van der Waals surface area (Å²) in [7, 11) is 1.57. The lowest BCUT2D eigenvalue weighted by atomic mass is 10.1. The number of hydrogen-bond acceptors (Lipinski definition) is 4. The van der Waals surface area contributed by atoms with Crippen LogP contribution in [0.15, 0.2) is 40.8 Å². The number of anilines is 1. The summed E-state index contributed by atoms with van der Waals surface area (Å²) in [4.78, 5) is 24.1. The third kappa shape index (κ3) is 3.47. The van der Waals surface area contributed by atoms with Gasteiger partial charge >= 0.3 is 0 Å². The van der Waals surface area contributed by atoms with E-state index in [1.165, 1.54) is 0 Å². The van der Waals surface area contributed by atoms with Gasteiger partial charge in [0.15, 0.2) is 0 Å². The molecular formula is C21H22N2O4. The molecule has 1 aliphatic rings. The molecule has 6 heteroatoms. The lowest BCUT2D eigenvalue weighted by molar-refractivity contribution is -0.122. The van der Waals surface area contributed by atoms with Crippen molar-refractivity contribution in [3.8, 4) is 5.75 Å². The largest absolute Gasteiger partial charge is 0.495 e. The summed E-state index contributed by atoms with van der Waals surface area (Å²) in [6.45, 7) is 2.38. The van der Waals surface area contributed by atoms with Crippen molar-refractivity contribution >= 4 is 39.4 Å². The quantitative estimate of drug-likeness (QED) is 0.697. The Bertz CT molecular complexity index is 1020. The number of carbonyl (C=O) groups is 2. The third-order valence-electron chi connectivity index (χ3n) is 5.07. The normalized spacial score (nSPS) is 18.4. The summed E-state index contributed by atoms with van der Waals surface area (Å²) in [5.41, 5.74) is 2.02. The Morgan fingerprint density at radius 2 is 1.96 bits per heavy atom. The molecule has 2 N–H and O–H groups in total. The lowest BCUT2D eigenvalue weighted by Gasteiger charge is -2.11. The molecule has 2 atom stereocenters. The number of furan rings is 1. The number of nitrogens with one attached hydrogen (secondary N) is 2. The Labute approximate surface area is 156 Å². The first kappa shape index (κ1) is 17.4. The number of para-hydroxylation sites is 1. The molecule has 2 aromatic carbocycles. The van der Waals surface area contributed by atoms with Crippen LogP contribution in [-0.2, 0) is 9.59 Å². The van der Waals surface area contributed by atoms with Crippen molar-refractivity contribution in [1.29, 1.82) is 0 Å². The topological polar surface area (TPSA) is 80.6 Å². The predicted octanol–water partition coefficient (Wildman–Crippen LogP) is 3.70. The van der Waals surface area contributed by atoms with Crippen molar-refractivity contribution in [2.45, 2.75) is 19.8 Å². The second kappa shape index (κ2) is 6.95. The fourth-order valence-electron chi connectivity index (χ4n) is 3.35. The molecule has 0 spiro atoms. The van der Waals surface area contributed by atoms with E-state index in [1.807, 2.05) is 30.3 Å². The van der Waals surface area contributed by atoms with E-state index in [-0.39, 0.29) is 24.2 Å². The highest BCUT2D eigenvalue weighted by Gasteiger charge is 2.38. The van der Waals surface area contributed by atoms with Gasteiger partial charge in [0, 0.05) is 35.7 Å². The van der Waals surface area contributed by atoms with Gasteiger partial charge in [-0.2, -0.15) is 0 Å². The number of amides is 2. The summed E-state index contributed by atoms with van der Waals surface area (Å²) in [5.74, 6) is 0.991. The van der Waals surface area contributed by atoms with E-state index >= 15 is 0 Å². The Morgan fingerprint density at radius 1 is 1.19 bits per heavy atom. The molecule has 0 bridgehead atoms. The number of benzene rings is 2. The molecule has 27 heavy (non-hydrogen) atoms. The highest BCUT2D eigenvalue weighted by Crippen LogP contribution is 2.38. The van der Waals surface area contributed by atoms with Crippen molar-refractivity contribution in [2.24, 2.45) is 11.8 Å². The Kier molecular flexibility index (Phi) is 4.48. The minimum absolute atomic E-state index is 0.0385. The third-order valence-corrected chi connectivity index (χ3v) is 5.07. The van der Waals surface area contributed by atoms with Crippen LogP contribution in [0.5, 0.6) is 5.75 Å². The predicted molar refractivity (Wildman–Crippen MR) is 104 cm³/mol. The standard InChI is InChI=1S/C21H22N2O4/c1-12-9-14(12)21(25)22-8-7-20(24)23-16-11-18-15(10-19(16)26-2)13-5-3-4-6-17(13)27-18/h3-6,10-12,14H,7-9H2,1-2H3,(H,22,25)(H,23,24). The van der Waals surface area contributed by atoms with Crippen LogP contribution in [0.1, 0.15) is 19.8 Å². The maximum Gasteiger partial charge on any atom is 0.226 e. The number of fused-ring (bicyclic) bond motifs is 3. The maximum atomic E-state index is 12.3. The first-order valence-electron chi connectivity index (χ1n) is 9.13. The average molecular weight is 366 g/mol. The van der Waals surface area contributed by atoms with Gasteiger partial charge in [-0.15, -0.1) is 0 Å². The number of hydrogen-bond donors (Lipinski definition) is 2. The van der Waals surface area contributed by atoms with Crippen molar-refractivity contribution in [2.75, 3.05) is 19.0 Å². The molecule has 0 saturated heterocycles. The summed E-state index contributed by atoms with van der Waals surface area (Å²) in [5, 5.41) is 7.61. The van der Waals surface area contributed by atoms with Crippen molar-refractivity contribution < 1.29 is 18.7 Å². The molecule has 1 heterocycles. The molecule has 140 valence electrons. The minimum Gasteiger partial charge on any atom is -0.495 e. The van der Waals surface area contributed by atoms with Gasteiger partial charge in [-0.05, 0) is 24.5 Å². The Hall–Kier alpha value is -3.02. The van der Waals surface area contributed by atoms with E-state index in [0.29, 0.717) is 29.5 Å². The zero-order chi connectivity index (χ0) is 19.0. The average Bonchev–Trinajstić information content (AvgIpc) is 3.28. The summed E-state index contributed by atoms with van der Waals surface area (Å²) < 4.78 is 11.3. The fraction of sp³-hybridized carbons (Fsp3) is 0.333. The molecule has 1 fully saturated rings. The van der Waals surface area contributed by atoms with Gasteiger partial charge in [0.05, 0.1) is 12.8 Å². The van der Waals surface area contributed by atoms with Gasteiger partial charge in [0.1, 0.15) is 16.9 Å². The SMILES string of the molecule is COc1cc2c(cc1NC(=O)CCNC(=O)C1CC1C)oc1ccccc12. The van der Waals surface area contributed by atoms with Crippen molar-refractivity contribution in [3.63, 3.8) is 0 Å². The Morgan fingerprint density at radius 3 is 2.70 bits per heavy atom. The maximum absolute atomic E-state index is 12.3. The summed E-state index contributed by atoms with van der Waals surface area (Å²) >= 11 is 0. The van der Waals surface area contributed by atoms with Crippen LogP contribution >= 0.6 is 0 Å². The molecular weight excluding hydrogens is 344 g/mol. The molecule has 1 aliphatic carbocycles. The second-order valence-corrected chi connectivity index (χ2v) is 7.06. The first-order chi connectivity index (χ1) is 13.1. The number of carbonyl (C=O) groups excluding carboxylic acids is 2. The van der Waals surface area contributed by atoms with Crippen LogP contribution in [0.3, 0.4) is 0 Å². The van der Waals surface area contributed by atoms with Crippen LogP contribution < -0.4 is 15.4 Å². The van der Waals surface area contributed by atoms with E-state index in [1.54, 1.807) is 13.2 Å². The Balaban J connectivity index is 1.46. The molecule has 1 aromatic heterocycles. The highest BCUT2D eigenvalue weighted by atomic mass is 16.5. The van der Waals surface area contributed by atoms with Crippen LogP contribution in [0, 0.1) is 11.8 Å². The van der Waals surface area contributed by atoms with Crippen LogP contribution in [0.2, 0.25) is 0 Å². The van der Waals surface area contributed by atoms with Gasteiger partial charge in [0.2, 0.25) is 11.8 Å². The summed E-state index contributed by atoms with van der Waals surface area (Å²) in [6.07, 6.45) is 1.14. The van der Waals surface area contributed by atoms with Gasteiger partial charge < -0.3 is 19.8 Å².